The Bertz CT molecular complexity index is 413. The summed E-state index contributed by atoms with van der Waals surface area (Å²) in [6, 6.07) is 8.86. The highest BCUT2D eigenvalue weighted by molar-refractivity contribution is 5.56. The Kier molecular flexibility index (Phi) is 4.51. The lowest BCUT2D eigenvalue weighted by atomic mass is 9.88. The first-order chi connectivity index (χ1) is 9.07. The number of benzene rings is 1. The van der Waals surface area contributed by atoms with Crippen LogP contribution in [0.4, 0.5) is 5.69 Å². The minimum absolute atomic E-state index is 0.0780. The van der Waals surface area contributed by atoms with Crippen LogP contribution in [0.25, 0.3) is 0 Å². The lowest BCUT2D eigenvalue weighted by Gasteiger charge is -2.44. The summed E-state index contributed by atoms with van der Waals surface area (Å²) in [5, 5.41) is 0. The Morgan fingerprint density at radius 2 is 2.00 bits per heavy atom. The molecule has 2 rings (SSSR count). The van der Waals surface area contributed by atoms with Gasteiger partial charge in [0, 0.05) is 24.3 Å². The van der Waals surface area contributed by atoms with E-state index >= 15 is 0 Å². The summed E-state index contributed by atoms with van der Waals surface area (Å²) in [5.41, 5.74) is 9.13. The van der Waals surface area contributed by atoms with Gasteiger partial charge in [-0.2, -0.15) is 0 Å². The predicted octanol–water partition coefficient (Wildman–Crippen LogP) is 3.59. The number of anilines is 1. The number of fused-ring (bicyclic) bond motifs is 1. The molecular weight excluding hydrogens is 232 g/mol. The third-order valence-corrected chi connectivity index (χ3v) is 4.30. The van der Waals surface area contributed by atoms with Crippen molar-refractivity contribution in [3.05, 3.63) is 29.8 Å². The summed E-state index contributed by atoms with van der Waals surface area (Å²) in [6.45, 7) is 8.77. The van der Waals surface area contributed by atoms with Crippen molar-refractivity contribution in [3.63, 3.8) is 0 Å². The molecule has 0 saturated heterocycles. The molecule has 2 N–H and O–H groups in total. The molecule has 0 spiro atoms. The van der Waals surface area contributed by atoms with Crippen molar-refractivity contribution in [1.82, 2.24) is 0 Å². The largest absolute Gasteiger partial charge is 0.365 e. The summed E-state index contributed by atoms with van der Waals surface area (Å²) in [4.78, 5) is 2.58. The molecule has 1 unspecified atom stereocenters. The standard InChI is InChI=1S/C17H28N2/c1-14(2)12-17(3,13-18)19-11-7-6-9-15-8-4-5-10-16(15)19/h4-5,8,10,14H,6-7,9,11-13,18H2,1-3H3. The third-order valence-electron chi connectivity index (χ3n) is 4.30. The van der Waals surface area contributed by atoms with Crippen LogP contribution >= 0.6 is 0 Å². The van der Waals surface area contributed by atoms with Crippen molar-refractivity contribution >= 4 is 5.69 Å². The van der Waals surface area contributed by atoms with Crippen molar-refractivity contribution in [2.45, 2.75) is 52.0 Å². The Labute approximate surface area is 118 Å². The normalized spacial score (nSPS) is 18.9. The van der Waals surface area contributed by atoms with Crippen LogP contribution in [-0.2, 0) is 6.42 Å². The molecular formula is C17H28N2. The van der Waals surface area contributed by atoms with E-state index in [2.05, 4.69) is 49.9 Å². The van der Waals surface area contributed by atoms with E-state index in [1.54, 1.807) is 0 Å². The molecule has 2 nitrogen and oxygen atoms in total. The third kappa shape index (κ3) is 3.11. The average molecular weight is 260 g/mol. The van der Waals surface area contributed by atoms with Gasteiger partial charge in [0.1, 0.15) is 0 Å². The van der Waals surface area contributed by atoms with Gasteiger partial charge < -0.3 is 10.6 Å². The van der Waals surface area contributed by atoms with Crippen molar-refractivity contribution in [2.24, 2.45) is 11.7 Å². The number of hydrogen-bond donors (Lipinski definition) is 1. The molecule has 0 bridgehead atoms. The fourth-order valence-corrected chi connectivity index (χ4v) is 3.44. The second-order valence-corrected chi connectivity index (χ2v) is 6.54. The Morgan fingerprint density at radius 3 is 2.68 bits per heavy atom. The average Bonchev–Trinajstić information content (AvgIpc) is 2.60. The summed E-state index contributed by atoms with van der Waals surface area (Å²) >= 11 is 0. The first-order valence-corrected chi connectivity index (χ1v) is 7.62. The molecule has 1 aromatic carbocycles. The zero-order valence-corrected chi connectivity index (χ0v) is 12.7. The first-order valence-electron chi connectivity index (χ1n) is 7.62. The number of nitrogens with zero attached hydrogens (tertiary/aromatic N) is 1. The van der Waals surface area contributed by atoms with Gasteiger partial charge >= 0.3 is 0 Å². The maximum atomic E-state index is 6.15. The van der Waals surface area contributed by atoms with E-state index in [-0.39, 0.29) is 5.54 Å². The van der Waals surface area contributed by atoms with Gasteiger partial charge in [0.15, 0.2) is 0 Å². The van der Waals surface area contributed by atoms with Gasteiger partial charge in [-0.15, -0.1) is 0 Å². The molecule has 1 aliphatic rings. The van der Waals surface area contributed by atoms with Gasteiger partial charge in [0.25, 0.3) is 0 Å². The molecule has 1 heterocycles. The van der Waals surface area contributed by atoms with Gasteiger partial charge in [-0.05, 0) is 50.2 Å². The minimum atomic E-state index is 0.0780. The molecule has 0 aromatic heterocycles. The van der Waals surface area contributed by atoms with Crippen LogP contribution in [0, 0.1) is 5.92 Å². The van der Waals surface area contributed by atoms with Crippen LogP contribution in [0.2, 0.25) is 0 Å². The molecule has 0 saturated carbocycles. The maximum Gasteiger partial charge on any atom is 0.0498 e. The molecule has 19 heavy (non-hydrogen) atoms. The highest BCUT2D eigenvalue weighted by Gasteiger charge is 2.33. The molecule has 0 aliphatic carbocycles. The highest BCUT2D eigenvalue weighted by Crippen LogP contribution is 2.34. The van der Waals surface area contributed by atoms with E-state index < -0.39 is 0 Å². The van der Waals surface area contributed by atoms with Crippen LogP contribution in [0.3, 0.4) is 0 Å². The van der Waals surface area contributed by atoms with Gasteiger partial charge in [-0.1, -0.05) is 32.0 Å². The quantitative estimate of drug-likeness (QED) is 0.896. The molecule has 1 aromatic rings. The summed E-state index contributed by atoms with van der Waals surface area (Å²) in [7, 11) is 0. The minimum Gasteiger partial charge on any atom is -0.365 e. The lowest BCUT2D eigenvalue weighted by molar-refractivity contribution is 0.347. The van der Waals surface area contributed by atoms with Crippen molar-refractivity contribution in [3.8, 4) is 0 Å². The van der Waals surface area contributed by atoms with Gasteiger partial charge in [0.2, 0.25) is 0 Å². The number of hydrogen-bond acceptors (Lipinski definition) is 2. The van der Waals surface area contributed by atoms with Crippen LogP contribution < -0.4 is 10.6 Å². The molecule has 0 radical (unpaired) electrons. The van der Waals surface area contributed by atoms with Gasteiger partial charge in [-0.3, -0.25) is 0 Å². The van der Waals surface area contributed by atoms with E-state index in [9.17, 15) is 0 Å². The predicted molar refractivity (Wildman–Crippen MR) is 83.6 cm³/mol. The first kappa shape index (κ1) is 14.4. The van der Waals surface area contributed by atoms with Crippen LogP contribution in [-0.4, -0.2) is 18.6 Å². The van der Waals surface area contributed by atoms with E-state index in [0.29, 0.717) is 5.92 Å². The highest BCUT2D eigenvalue weighted by atomic mass is 15.2. The molecule has 1 atom stereocenters. The SMILES string of the molecule is CC(C)CC(C)(CN)N1CCCCc2ccccc21. The zero-order valence-electron chi connectivity index (χ0n) is 12.7. The Morgan fingerprint density at radius 1 is 1.26 bits per heavy atom. The van der Waals surface area contributed by atoms with Crippen LogP contribution in [0.1, 0.15) is 45.6 Å². The van der Waals surface area contributed by atoms with E-state index in [4.69, 9.17) is 5.73 Å². The lowest BCUT2D eigenvalue weighted by Crippen LogP contribution is -2.53. The molecule has 0 amide bonds. The van der Waals surface area contributed by atoms with Gasteiger partial charge in [-0.25, -0.2) is 0 Å². The molecule has 1 aliphatic heterocycles. The molecule has 2 heteroatoms. The molecule has 106 valence electrons. The topological polar surface area (TPSA) is 29.3 Å². The fraction of sp³-hybridized carbons (Fsp3) is 0.647. The van der Waals surface area contributed by atoms with Gasteiger partial charge in [0.05, 0.1) is 0 Å². The fourth-order valence-electron chi connectivity index (χ4n) is 3.44. The summed E-state index contributed by atoms with van der Waals surface area (Å²) in [5.74, 6) is 0.670. The molecule has 0 fully saturated rings. The monoisotopic (exact) mass is 260 g/mol. The zero-order chi connectivity index (χ0) is 13.9. The van der Waals surface area contributed by atoms with E-state index in [0.717, 1.165) is 19.5 Å². The van der Waals surface area contributed by atoms with Crippen molar-refractivity contribution in [1.29, 1.82) is 0 Å². The number of rotatable bonds is 4. The number of aryl methyl sites for hydroxylation is 1. The summed E-state index contributed by atoms with van der Waals surface area (Å²) in [6.07, 6.45) is 4.91. The second kappa shape index (κ2) is 5.96. The second-order valence-electron chi connectivity index (χ2n) is 6.54. The van der Waals surface area contributed by atoms with E-state index in [1.165, 1.54) is 30.5 Å². The van der Waals surface area contributed by atoms with Crippen molar-refractivity contribution < 1.29 is 0 Å². The Hall–Kier alpha value is -1.02. The van der Waals surface area contributed by atoms with Crippen molar-refractivity contribution in [2.75, 3.05) is 18.0 Å². The van der Waals surface area contributed by atoms with E-state index in [1.807, 2.05) is 0 Å². The smallest absolute Gasteiger partial charge is 0.0498 e. The summed E-state index contributed by atoms with van der Waals surface area (Å²) < 4.78 is 0. The number of nitrogens with two attached hydrogens (primary N) is 1. The maximum absolute atomic E-state index is 6.15. The van der Waals surface area contributed by atoms with Crippen LogP contribution in [0.5, 0.6) is 0 Å². The Balaban J connectivity index is 2.37. The van der Waals surface area contributed by atoms with Crippen LogP contribution in [0.15, 0.2) is 24.3 Å². The number of para-hydroxylation sites is 1.